The first-order valence-electron chi connectivity index (χ1n) is 7.80. The van der Waals surface area contributed by atoms with E-state index in [9.17, 15) is 13.3 Å². The minimum Gasteiger partial charge on any atom is -0.436 e. The van der Waals surface area contributed by atoms with Gasteiger partial charge in [-0.25, -0.2) is 4.98 Å². The molecule has 0 radical (unpaired) electrons. The monoisotopic (exact) mass is 381 g/mol. The van der Waals surface area contributed by atoms with E-state index in [4.69, 9.17) is 8.94 Å². The number of alkyl halides is 2. The molecule has 0 N–H and O–H groups in total. The topological polar surface area (TPSA) is 70.8 Å². The van der Waals surface area contributed by atoms with Gasteiger partial charge in [0.05, 0.1) is 0 Å². The molecule has 3 aromatic rings. The van der Waals surface area contributed by atoms with Gasteiger partial charge in [-0.3, -0.25) is 4.57 Å². The molecule has 0 aliphatic carbocycles. The van der Waals surface area contributed by atoms with Gasteiger partial charge in [0.25, 0.3) is 0 Å². The van der Waals surface area contributed by atoms with Crippen LogP contribution in [0, 0.1) is 0 Å². The van der Waals surface area contributed by atoms with E-state index in [2.05, 4.69) is 14.5 Å². The first kappa shape index (κ1) is 17.0. The smallest absolute Gasteiger partial charge is 0.436 e. The predicted molar refractivity (Wildman–Crippen MR) is 90.4 cm³/mol. The molecule has 0 bridgehead atoms. The van der Waals surface area contributed by atoms with Crippen LogP contribution in [-0.4, -0.2) is 24.6 Å². The van der Waals surface area contributed by atoms with Crippen LogP contribution in [0.2, 0.25) is 0 Å². The van der Waals surface area contributed by atoms with Gasteiger partial charge in [-0.2, -0.15) is 0 Å². The standard InChI is InChI=1S/C17H14F2NO5P/c1-3-26(21,22-2)11-5-6-12-14(9-11)23-16(20-12)10-4-7-13-15(8-10)25-17(18,19)24-13/h4-9H,3H2,1-2H3. The number of fused-ring (bicyclic) bond motifs is 2. The van der Waals surface area contributed by atoms with Crippen molar-refractivity contribution in [2.24, 2.45) is 0 Å². The molecule has 26 heavy (non-hydrogen) atoms. The van der Waals surface area contributed by atoms with Gasteiger partial charge in [0, 0.05) is 24.1 Å². The van der Waals surface area contributed by atoms with Crippen molar-refractivity contribution in [2.75, 3.05) is 13.3 Å². The Kier molecular flexibility index (Phi) is 3.78. The number of hydrogen-bond donors (Lipinski definition) is 0. The lowest BCUT2D eigenvalue weighted by atomic mass is 10.2. The van der Waals surface area contributed by atoms with E-state index in [0.29, 0.717) is 28.1 Å². The fourth-order valence-electron chi connectivity index (χ4n) is 2.75. The Morgan fingerprint density at radius 3 is 2.65 bits per heavy atom. The quantitative estimate of drug-likeness (QED) is 0.625. The zero-order valence-electron chi connectivity index (χ0n) is 13.9. The minimum atomic E-state index is -3.68. The summed E-state index contributed by atoms with van der Waals surface area (Å²) in [6.45, 7) is 1.78. The number of benzene rings is 2. The van der Waals surface area contributed by atoms with E-state index in [-0.39, 0.29) is 17.4 Å². The third kappa shape index (κ3) is 2.75. The van der Waals surface area contributed by atoms with Gasteiger partial charge in [-0.05, 0) is 36.4 Å². The molecule has 2 aromatic carbocycles. The highest BCUT2D eigenvalue weighted by Gasteiger charge is 2.43. The number of hydrogen-bond acceptors (Lipinski definition) is 6. The van der Waals surface area contributed by atoms with Crippen molar-refractivity contribution >= 4 is 23.8 Å². The van der Waals surface area contributed by atoms with Crippen molar-refractivity contribution < 1.29 is 31.8 Å². The summed E-state index contributed by atoms with van der Waals surface area (Å²) in [5.41, 5.74) is 1.42. The molecule has 0 fully saturated rings. The van der Waals surface area contributed by atoms with Crippen LogP contribution in [0.1, 0.15) is 6.92 Å². The number of rotatable bonds is 4. The van der Waals surface area contributed by atoms with Crippen LogP contribution in [0.4, 0.5) is 8.78 Å². The second-order valence-electron chi connectivity index (χ2n) is 5.67. The second kappa shape index (κ2) is 5.79. The Morgan fingerprint density at radius 1 is 1.15 bits per heavy atom. The summed E-state index contributed by atoms with van der Waals surface area (Å²) in [6, 6.07) is 9.26. The van der Waals surface area contributed by atoms with Crippen molar-refractivity contribution in [3.63, 3.8) is 0 Å². The van der Waals surface area contributed by atoms with Crippen LogP contribution in [0.5, 0.6) is 11.5 Å². The van der Waals surface area contributed by atoms with Crippen molar-refractivity contribution in [3.8, 4) is 23.0 Å². The van der Waals surface area contributed by atoms with Gasteiger partial charge in [0.15, 0.2) is 17.1 Å². The van der Waals surface area contributed by atoms with Gasteiger partial charge in [0.2, 0.25) is 13.3 Å². The largest absolute Gasteiger partial charge is 0.586 e. The second-order valence-corrected chi connectivity index (χ2v) is 8.53. The lowest BCUT2D eigenvalue weighted by Crippen LogP contribution is -2.25. The highest BCUT2D eigenvalue weighted by atomic mass is 31.2. The number of halogens is 2. The Morgan fingerprint density at radius 2 is 1.92 bits per heavy atom. The fourth-order valence-corrected chi connectivity index (χ4v) is 4.20. The molecule has 136 valence electrons. The highest BCUT2D eigenvalue weighted by molar-refractivity contribution is 7.66. The first-order chi connectivity index (χ1) is 12.3. The zero-order chi connectivity index (χ0) is 18.5. The van der Waals surface area contributed by atoms with Crippen LogP contribution in [0.15, 0.2) is 40.8 Å². The summed E-state index contributed by atoms with van der Waals surface area (Å²) in [6.07, 6.45) is -3.33. The maximum Gasteiger partial charge on any atom is 0.586 e. The molecular formula is C17H14F2NO5P. The average molecular weight is 381 g/mol. The molecule has 1 unspecified atom stereocenters. The van der Waals surface area contributed by atoms with Crippen molar-refractivity contribution in [1.29, 1.82) is 0 Å². The lowest BCUT2D eigenvalue weighted by Gasteiger charge is -2.13. The van der Waals surface area contributed by atoms with Crippen LogP contribution in [0.3, 0.4) is 0 Å². The third-order valence-corrected chi connectivity index (χ3v) is 6.61. The summed E-state index contributed by atoms with van der Waals surface area (Å²) >= 11 is 0. The molecule has 9 heteroatoms. The number of oxazole rings is 1. The van der Waals surface area contributed by atoms with E-state index in [1.54, 1.807) is 31.2 Å². The van der Waals surface area contributed by atoms with E-state index in [1.807, 2.05) is 0 Å². The predicted octanol–water partition coefficient (Wildman–Crippen LogP) is 4.39. The molecule has 1 aromatic heterocycles. The van der Waals surface area contributed by atoms with Gasteiger partial charge in [0.1, 0.15) is 5.52 Å². The normalized spacial score (nSPS) is 17.4. The minimum absolute atomic E-state index is 0.0545. The third-order valence-electron chi connectivity index (χ3n) is 4.12. The molecule has 0 saturated carbocycles. The van der Waals surface area contributed by atoms with Crippen LogP contribution in [-0.2, 0) is 9.09 Å². The molecule has 1 aliphatic heterocycles. The number of aromatic nitrogens is 1. The summed E-state index contributed by atoms with van der Waals surface area (Å²) in [7, 11) is -1.53. The summed E-state index contributed by atoms with van der Waals surface area (Å²) in [4.78, 5) is 4.34. The van der Waals surface area contributed by atoms with E-state index >= 15 is 0 Å². The molecule has 0 amide bonds. The summed E-state index contributed by atoms with van der Waals surface area (Å²) in [5, 5.41) is 0.531. The lowest BCUT2D eigenvalue weighted by molar-refractivity contribution is -0.286. The molecular weight excluding hydrogens is 367 g/mol. The summed E-state index contributed by atoms with van der Waals surface area (Å²) < 4.78 is 58.7. The molecule has 2 heterocycles. The van der Waals surface area contributed by atoms with Gasteiger partial charge in [-0.15, -0.1) is 8.78 Å². The Hall–Kier alpha value is -2.44. The first-order valence-corrected chi connectivity index (χ1v) is 9.61. The molecule has 6 nitrogen and oxygen atoms in total. The molecule has 1 aliphatic rings. The number of ether oxygens (including phenoxy) is 2. The Bertz CT molecular complexity index is 1040. The van der Waals surface area contributed by atoms with E-state index < -0.39 is 13.7 Å². The maximum atomic E-state index is 13.1. The van der Waals surface area contributed by atoms with E-state index in [1.165, 1.54) is 19.2 Å². The Balaban J connectivity index is 1.74. The zero-order valence-corrected chi connectivity index (χ0v) is 14.8. The average Bonchev–Trinajstić information content (AvgIpc) is 3.18. The molecule has 0 spiro atoms. The molecule has 4 rings (SSSR count). The van der Waals surface area contributed by atoms with Crippen molar-refractivity contribution in [3.05, 3.63) is 36.4 Å². The van der Waals surface area contributed by atoms with Crippen molar-refractivity contribution in [1.82, 2.24) is 4.98 Å². The van der Waals surface area contributed by atoms with Gasteiger partial charge >= 0.3 is 6.29 Å². The fraction of sp³-hybridized carbons (Fsp3) is 0.235. The van der Waals surface area contributed by atoms with Crippen LogP contribution < -0.4 is 14.8 Å². The SMILES string of the molecule is CCP(=O)(OC)c1ccc2nc(-c3ccc4c(c3)OC(F)(F)O4)oc2c1. The van der Waals surface area contributed by atoms with Gasteiger partial charge in [-0.1, -0.05) is 6.92 Å². The summed E-state index contributed by atoms with van der Waals surface area (Å²) in [5.74, 6) is 0.0777. The molecule has 1 atom stereocenters. The van der Waals surface area contributed by atoms with Crippen LogP contribution in [0.25, 0.3) is 22.6 Å². The highest BCUT2D eigenvalue weighted by Crippen LogP contribution is 2.45. The number of nitrogens with zero attached hydrogens (tertiary/aromatic N) is 1. The Labute approximate surface area is 147 Å². The maximum absolute atomic E-state index is 13.1. The van der Waals surface area contributed by atoms with E-state index in [0.717, 1.165) is 0 Å². The van der Waals surface area contributed by atoms with Gasteiger partial charge < -0.3 is 18.4 Å². The van der Waals surface area contributed by atoms with Crippen molar-refractivity contribution in [2.45, 2.75) is 13.2 Å². The van der Waals surface area contributed by atoms with Crippen LogP contribution >= 0.6 is 7.37 Å². The molecule has 0 saturated heterocycles.